The molecule has 1 aliphatic carbocycles. The molecule has 0 heterocycles. The van der Waals surface area contributed by atoms with Crippen molar-refractivity contribution >= 4 is 6.03 Å². The van der Waals surface area contributed by atoms with Gasteiger partial charge in [0.05, 0.1) is 0 Å². The van der Waals surface area contributed by atoms with E-state index in [9.17, 15) is 9.90 Å². The minimum Gasteiger partial charge on any atom is -0.396 e. The Morgan fingerprint density at radius 1 is 1.30 bits per heavy atom. The molecule has 2 rings (SSSR count). The van der Waals surface area contributed by atoms with Crippen molar-refractivity contribution in [3.63, 3.8) is 0 Å². The van der Waals surface area contributed by atoms with Crippen LogP contribution in [0, 0.1) is 0 Å². The average Bonchev–Trinajstić information content (AvgIpc) is 3.01. The zero-order chi connectivity index (χ0) is 16.7. The van der Waals surface area contributed by atoms with Crippen molar-refractivity contribution in [2.24, 2.45) is 0 Å². The SMILES string of the molecule is CN(C)C1CCC(NC(=O)NCC(CCO)c2ccccc2)C1. The Morgan fingerprint density at radius 2 is 2.04 bits per heavy atom. The molecule has 3 unspecified atom stereocenters. The van der Waals surface area contributed by atoms with Crippen LogP contribution < -0.4 is 10.6 Å². The van der Waals surface area contributed by atoms with E-state index in [1.807, 2.05) is 30.3 Å². The molecule has 3 atom stereocenters. The molecule has 1 fully saturated rings. The van der Waals surface area contributed by atoms with E-state index in [0.717, 1.165) is 24.8 Å². The highest BCUT2D eigenvalue weighted by Gasteiger charge is 2.27. The number of nitrogens with zero attached hydrogens (tertiary/aromatic N) is 1. The van der Waals surface area contributed by atoms with Gasteiger partial charge >= 0.3 is 6.03 Å². The van der Waals surface area contributed by atoms with Gasteiger partial charge in [0.2, 0.25) is 0 Å². The minimum atomic E-state index is -0.103. The second-order valence-corrected chi connectivity index (χ2v) is 6.60. The number of hydrogen-bond acceptors (Lipinski definition) is 3. The number of amides is 2. The molecule has 1 aromatic carbocycles. The summed E-state index contributed by atoms with van der Waals surface area (Å²) >= 11 is 0. The van der Waals surface area contributed by atoms with Gasteiger partial charge in [0.25, 0.3) is 0 Å². The summed E-state index contributed by atoms with van der Waals surface area (Å²) in [6, 6.07) is 10.7. The van der Waals surface area contributed by atoms with Crippen LogP contribution in [0.3, 0.4) is 0 Å². The molecule has 1 saturated carbocycles. The Labute approximate surface area is 139 Å². The fraction of sp³-hybridized carbons (Fsp3) is 0.611. The van der Waals surface area contributed by atoms with Gasteiger partial charge in [-0.3, -0.25) is 0 Å². The summed E-state index contributed by atoms with van der Waals surface area (Å²) in [4.78, 5) is 14.3. The van der Waals surface area contributed by atoms with Gasteiger partial charge in [-0.05, 0) is 45.3 Å². The molecular formula is C18H29N3O2. The maximum Gasteiger partial charge on any atom is 0.315 e. The molecule has 23 heavy (non-hydrogen) atoms. The highest BCUT2D eigenvalue weighted by atomic mass is 16.3. The van der Waals surface area contributed by atoms with E-state index in [-0.39, 0.29) is 24.6 Å². The predicted octanol–water partition coefficient (Wildman–Crippen LogP) is 1.93. The van der Waals surface area contributed by atoms with Crippen molar-refractivity contribution < 1.29 is 9.90 Å². The lowest BCUT2D eigenvalue weighted by molar-refractivity contribution is 0.232. The van der Waals surface area contributed by atoms with E-state index in [2.05, 4.69) is 29.6 Å². The molecule has 0 spiro atoms. The largest absolute Gasteiger partial charge is 0.396 e. The van der Waals surface area contributed by atoms with Gasteiger partial charge in [-0.2, -0.15) is 0 Å². The molecule has 0 saturated heterocycles. The zero-order valence-electron chi connectivity index (χ0n) is 14.2. The molecule has 0 bridgehead atoms. The summed E-state index contributed by atoms with van der Waals surface area (Å²) < 4.78 is 0. The van der Waals surface area contributed by atoms with E-state index in [1.165, 1.54) is 0 Å². The standard InChI is InChI=1S/C18H29N3O2/c1-21(2)17-9-8-16(12-17)20-18(23)19-13-15(10-11-22)14-6-4-3-5-7-14/h3-7,15-17,22H,8-13H2,1-2H3,(H2,19,20,23). The Balaban J connectivity index is 1.78. The van der Waals surface area contributed by atoms with Crippen LogP contribution in [-0.4, -0.2) is 55.4 Å². The average molecular weight is 319 g/mol. The first-order chi connectivity index (χ1) is 11.1. The molecule has 128 valence electrons. The van der Waals surface area contributed by atoms with Crippen LogP contribution in [0.2, 0.25) is 0 Å². The maximum absolute atomic E-state index is 12.1. The molecule has 0 aliphatic heterocycles. The van der Waals surface area contributed by atoms with E-state index in [1.54, 1.807) is 0 Å². The highest BCUT2D eigenvalue weighted by molar-refractivity contribution is 5.74. The van der Waals surface area contributed by atoms with Crippen LogP contribution in [0.15, 0.2) is 30.3 Å². The van der Waals surface area contributed by atoms with Crippen LogP contribution in [0.5, 0.6) is 0 Å². The van der Waals surface area contributed by atoms with Gasteiger partial charge in [-0.25, -0.2) is 4.79 Å². The van der Waals surface area contributed by atoms with Crippen LogP contribution in [0.25, 0.3) is 0 Å². The Bertz CT molecular complexity index is 478. The second kappa shape index (κ2) is 8.89. The topological polar surface area (TPSA) is 64.6 Å². The van der Waals surface area contributed by atoms with Gasteiger partial charge in [0, 0.05) is 31.2 Å². The van der Waals surface area contributed by atoms with Crippen LogP contribution in [-0.2, 0) is 0 Å². The fourth-order valence-electron chi connectivity index (χ4n) is 3.28. The third-order valence-electron chi connectivity index (χ3n) is 4.73. The summed E-state index contributed by atoms with van der Waals surface area (Å²) in [5, 5.41) is 15.3. The van der Waals surface area contributed by atoms with Crippen LogP contribution in [0.1, 0.15) is 37.2 Å². The number of aliphatic hydroxyl groups excluding tert-OH is 1. The number of carbonyl (C=O) groups is 1. The quantitative estimate of drug-likeness (QED) is 0.719. The Morgan fingerprint density at radius 3 is 2.65 bits per heavy atom. The number of benzene rings is 1. The van der Waals surface area contributed by atoms with Gasteiger partial charge in [-0.1, -0.05) is 30.3 Å². The van der Waals surface area contributed by atoms with Crippen molar-refractivity contribution in [3.8, 4) is 0 Å². The highest BCUT2D eigenvalue weighted by Crippen LogP contribution is 2.22. The smallest absolute Gasteiger partial charge is 0.315 e. The van der Waals surface area contributed by atoms with Crippen molar-refractivity contribution in [1.82, 2.24) is 15.5 Å². The maximum atomic E-state index is 12.1. The zero-order valence-corrected chi connectivity index (χ0v) is 14.2. The van der Waals surface area contributed by atoms with Crippen LogP contribution in [0.4, 0.5) is 4.79 Å². The first kappa shape index (κ1) is 17.8. The number of aliphatic hydroxyl groups is 1. The summed E-state index contributed by atoms with van der Waals surface area (Å²) in [5.41, 5.74) is 1.15. The fourth-order valence-corrected chi connectivity index (χ4v) is 3.28. The Kier molecular flexibility index (Phi) is 6.86. The summed E-state index contributed by atoms with van der Waals surface area (Å²) in [7, 11) is 4.18. The summed E-state index contributed by atoms with van der Waals surface area (Å²) in [6.07, 6.45) is 3.83. The van der Waals surface area contributed by atoms with Crippen LogP contribution >= 0.6 is 0 Å². The lowest BCUT2D eigenvalue weighted by atomic mass is 9.96. The third kappa shape index (κ3) is 5.52. The number of nitrogens with one attached hydrogen (secondary N) is 2. The first-order valence-electron chi connectivity index (χ1n) is 8.46. The molecule has 0 radical (unpaired) electrons. The monoisotopic (exact) mass is 319 g/mol. The third-order valence-corrected chi connectivity index (χ3v) is 4.73. The lowest BCUT2D eigenvalue weighted by Gasteiger charge is -2.20. The van der Waals surface area contributed by atoms with E-state index in [4.69, 9.17) is 0 Å². The molecular weight excluding hydrogens is 290 g/mol. The van der Waals surface area contributed by atoms with E-state index >= 15 is 0 Å². The normalized spacial score (nSPS) is 22.1. The van der Waals surface area contributed by atoms with Gasteiger partial charge in [0.15, 0.2) is 0 Å². The van der Waals surface area contributed by atoms with Gasteiger partial charge < -0.3 is 20.6 Å². The molecule has 0 aromatic heterocycles. The molecule has 3 N–H and O–H groups in total. The van der Waals surface area contributed by atoms with Crippen molar-refractivity contribution in [2.75, 3.05) is 27.2 Å². The number of hydrogen-bond donors (Lipinski definition) is 3. The lowest BCUT2D eigenvalue weighted by Crippen LogP contribution is -2.43. The first-order valence-corrected chi connectivity index (χ1v) is 8.46. The predicted molar refractivity (Wildman–Crippen MR) is 92.5 cm³/mol. The molecule has 5 nitrogen and oxygen atoms in total. The van der Waals surface area contributed by atoms with Crippen molar-refractivity contribution in [1.29, 1.82) is 0 Å². The van der Waals surface area contributed by atoms with Gasteiger partial charge in [0.1, 0.15) is 0 Å². The van der Waals surface area contributed by atoms with E-state index in [0.29, 0.717) is 19.0 Å². The molecule has 1 aromatic rings. The van der Waals surface area contributed by atoms with Gasteiger partial charge in [-0.15, -0.1) is 0 Å². The molecule has 2 amide bonds. The number of urea groups is 1. The van der Waals surface area contributed by atoms with Crippen molar-refractivity contribution in [3.05, 3.63) is 35.9 Å². The van der Waals surface area contributed by atoms with E-state index < -0.39 is 0 Å². The molecule has 5 heteroatoms. The number of carbonyl (C=O) groups excluding carboxylic acids is 1. The summed E-state index contributed by atoms with van der Waals surface area (Å²) in [6.45, 7) is 0.663. The summed E-state index contributed by atoms with van der Waals surface area (Å²) in [5.74, 6) is 0.144. The second-order valence-electron chi connectivity index (χ2n) is 6.60. The Hall–Kier alpha value is -1.59. The molecule has 1 aliphatic rings. The minimum absolute atomic E-state index is 0.103. The number of rotatable bonds is 7. The van der Waals surface area contributed by atoms with Crippen molar-refractivity contribution in [2.45, 2.75) is 43.7 Å².